The number of hydrogen-bond acceptors (Lipinski definition) is 5. The predicted molar refractivity (Wildman–Crippen MR) is 91.8 cm³/mol. The molecule has 0 saturated heterocycles. The van der Waals surface area contributed by atoms with Crippen LogP contribution in [0.15, 0.2) is 42.5 Å². The Kier molecular flexibility index (Phi) is 3.46. The van der Waals surface area contributed by atoms with E-state index in [2.05, 4.69) is 15.1 Å². The normalized spacial score (nSPS) is 11.1. The lowest BCUT2D eigenvalue weighted by atomic mass is 10.2. The quantitative estimate of drug-likeness (QED) is 0.533. The highest BCUT2D eigenvalue weighted by Crippen LogP contribution is 2.31. The standard InChI is InChI=1S/C17H13ClN4O2/c1-23-11-8-6-10(7-9-11)15-20-16-14-12(4-3-5-13(14)24-2)19-17(18)22(16)21-15/h3-9H,1-2H3. The Balaban J connectivity index is 1.99. The van der Waals surface area contributed by atoms with E-state index >= 15 is 0 Å². The van der Waals surface area contributed by atoms with Crippen LogP contribution in [0.4, 0.5) is 0 Å². The Morgan fingerprint density at radius 2 is 1.75 bits per heavy atom. The van der Waals surface area contributed by atoms with Crippen molar-refractivity contribution >= 4 is 28.2 Å². The third-order valence-corrected chi connectivity index (χ3v) is 4.04. The number of hydrogen-bond donors (Lipinski definition) is 0. The van der Waals surface area contributed by atoms with Crippen molar-refractivity contribution in [2.45, 2.75) is 0 Å². The molecule has 0 aliphatic carbocycles. The minimum atomic E-state index is 0.248. The van der Waals surface area contributed by atoms with Crippen LogP contribution in [-0.2, 0) is 0 Å². The minimum Gasteiger partial charge on any atom is -0.497 e. The van der Waals surface area contributed by atoms with E-state index in [0.717, 1.165) is 16.7 Å². The van der Waals surface area contributed by atoms with E-state index in [9.17, 15) is 0 Å². The highest BCUT2D eigenvalue weighted by molar-refractivity contribution is 6.29. The monoisotopic (exact) mass is 340 g/mol. The number of methoxy groups -OCH3 is 2. The van der Waals surface area contributed by atoms with E-state index in [1.54, 1.807) is 14.2 Å². The SMILES string of the molecule is COc1ccc(-c2nc3c4c(OC)cccc4nc(Cl)n3n2)cc1. The molecule has 2 aromatic heterocycles. The average Bonchev–Trinajstić information content (AvgIpc) is 3.07. The second kappa shape index (κ2) is 5.65. The fourth-order valence-electron chi connectivity index (χ4n) is 2.62. The summed E-state index contributed by atoms with van der Waals surface area (Å²) in [5.74, 6) is 2.00. The van der Waals surface area contributed by atoms with Crippen molar-refractivity contribution < 1.29 is 9.47 Å². The first-order valence-corrected chi connectivity index (χ1v) is 7.62. The number of aromatic nitrogens is 4. The number of ether oxygens (including phenoxy) is 2. The van der Waals surface area contributed by atoms with E-state index in [1.165, 1.54) is 4.52 Å². The van der Waals surface area contributed by atoms with Crippen LogP contribution >= 0.6 is 11.6 Å². The van der Waals surface area contributed by atoms with Gasteiger partial charge < -0.3 is 9.47 Å². The molecule has 0 radical (unpaired) electrons. The zero-order valence-corrected chi connectivity index (χ0v) is 13.8. The molecular formula is C17H13ClN4O2. The molecule has 6 nitrogen and oxygen atoms in total. The van der Waals surface area contributed by atoms with Gasteiger partial charge in [0.1, 0.15) is 11.5 Å². The molecule has 0 amide bonds. The second-order valence-electron chi connectivity index (χ2n) is 5.13. The summed E-state index contributed by atoms with van der Waals surface area (Å²) < 4.78 is 12.1. The number of fused-ring (bicyclic) bond motifs is 3. The zero-order valence-electron chi connectivity index (χ0n) is 13.0. The van der Waals surface area contributed by atoms with Crippen molar-refractivity contribution in [2.75, 3.05) is 14.2 Å². The summed E-state index contributed by atoms with van der Waals surface area (Å²) in [6.45, 7) is 0. The highest BCUT2D eigenvalue weighted by atomic mass is 35.5. The molecule has 0 saturated carbocycles. The van der Waals surface area contributed by atoms with Gasteiger partial charge in [0.2, 0.25) is 5.28 Å². The number of rotatable bonds is 3. The van der Waals surface area contributed by atoms with Crippen molar-refractivity contribution in [3.8, 4) is 22.9 Å². The average molecular weight is 341 g/mol. The summed E-state index contributed by atoms with van der Waals surface area (Å²) in [5.41, 5.74) is 2.17. The molecule has 2 aromatic carbocycles. The molecule has 0 N–H and O–H groups in total. The summed E-state index contributed by atoms with van der Waals surface area (Å²) >= 11 is 6.27. The summed E-state index contributed by atoms with van der Waals surface area (Å²) in [7, 11) is 3.24. The predicted octanol–water partition coefficient (Wildman–Crippen LogP) is 3.62. The van der Waals surface area contributed by atoms with Crippen molar-refractivity contribution in [1.82, 2.24) is 19.6 Å². The molecule has 7 heteroatoms. The van der Waals surface area contributed by atoms with E-state index in [0.29, 0.717) is 22.7 Å². The van der Waals surface area contributed by atoms with Gasteiger partial charge in [0, 0.05) is 5.56 Å². The maximum atomic E-state index is 6.27. The Morgan fingerprint density at radius 3 is 2.46 bits per heavy atom. The molecule has 0 aliphatic rings. The summed E-state index contributed by atoms with van der Waals surface area (Å²) in [4.78, 5) is 9.02. The molecule has 2 heterocycles. The van der Waals surface area contributed by atoms with Crippen LogP contribution in [0.1, 0.15) is 0 Å². The zero-order chi connectivity index (χ0) is 16.7. The summed E-state index contributed by atoms with van der Waals surface area (Å²) in [5, 5.41) is 5.50. The first-order chi connectivity index (χ1) is 11.7. The van der Waals surface area contributed by atoms with E-state index < -0.39 is 0 Å². The Labute approximate surface area is 142 Å². The van der Waals surface area contributed by atoms with Crippen molar-refractivity contribution in [3.63, 3.8) is 0 Å². The molecule has 4 aromatic rings. The molecule has 4 rings (SSSR count). The van der Waals surface area contributed by atoms with Gasteiger partial charge in [-0.25, -0.2) is 9.97 Å². The molecular weight excluding hydrogens is 328 g/mol. The summed E-state index contributed by atoms with van der Waals surface area (Å²) in [6, 6.07) is 13.1. The molecule has 0 unspecified atom stereocenters. The van der Waals surface area contributed by atoms with Gasteiger partial charge in [-0.3, -0.25) is 0 Å². The van der Waals surface area contributed by atoms with Gasteiger partial charge in [0.15, 0.2) is 11.5 Å². The van der Waals surface area contributed by atoms with Gasteiger partial charge >= 0.3 is 0 Å². The van der Waals surface area contributed by atoms with Crippen LogP contribution in [0.25, 0.3) is 27.9 Å². The molecule has 120 valence electrons. The molecule has 0 fully saturated rings. The maximum Gasteiger partial charge on any atom is 0.226 e. The van der Waals surface area contributed by atoms with Crippen LogP contribution in [0.3, 0.4) is 0 Å². The lowest BCUT2D eigenvalue weighted by Gasteiger charge is -2.05. The van der Waals surface area contributed by atoms with Gasteiger partial charge in [0.05, 0.1) is 25.1 Å². The van der Waals surface area contributed by atoms with Crippen LogP contribution in [0.5, 0.6) is 11.5 Å². The van der Waals surface area contributed by atoms with Crippen LogP contribution < -0.4 is 9.47 Å². The van der Waals surface area contributed by atoms with Gasteiger partial charge in [-0.15, -0.1) is 5.10 Å². The molecule has 0 spiro atoms. The third kappa shape index (κ3) is 2.23. The van der Waals surface area contributed by atoms with E-state index in [4.69, 9.17) is 21.1 Å². The lowest BCUT2D eigenvalue weighted by Crippen LogP contribution is -1.96. The highest BCUT2D eigenvalue weighted by Gasteiger charge is 2.16. The molecule has 0 aliphatic heterocycles. The number of nitrogens with zero attached hydrogens (tertiary/aromatic N) is 4. The number of halogens is 1. The fourth-order valence-corrected chi connectivity index (χ4v) is 2.83. The lowest BCUT2D eigenvalue weighted by molar-refractivity contribution is 0.415. The third-order valence-electron chi connectivity index (χ3n) is 3.79. The smallest absolute Gasteiger partial charge is 0.226 e. The number of benzene rings is 2. The van der Waals surface area contributed by atoms with Crippen molar-refractivity contribution in [1.29, 1.82) is 0 Å². The van der Waals surface area contributed by atoms with Crippen LogP contribution in [0.2, 0.25) is 5.28 Å². The largest absolute Gasteiger partial charge is 0.497 e. The minimum absolute atomic E-state index is 0.248. The second-order valence-corrected chi connectivity index (χ2v) is 5.47. The Bertz CT molecular complexity index is 1040. The van der Waals surface area contributed by atoms with Crippen molar-refractivity contribution in [2.24, 2.45) is 0 Å². The van der Waals surface area contributed by atoms with Gasteiger partial charge in [-0.2, -0.15) is 4.52 Å². The van der Waals surface area contributed by atoms with Crippen molar-refractivity contribution in [3.05, 3.63) is 47.7 Å². The van der Waals surface area contributed by atoms with Crippen LogP contribution in [-0.4, -0.2) is 33.8 Å². The van der Waals surface area contributed by atoms with Crippen LogP contribution in [0, 0.1) is 0 Å². The first-order valence-electron chi connectivity index (χ1n) is 7.24. The Morgan fingerprint density at radius 1 is 0.958 bits per heavy atom. The molecule has 0 bridgehead atoms. The van der Waals surface area contributed by atoms with Gasteiger partial charge in [-0.1, -0.05) is 6.07 Å². The van der Waals surface area contributed by atoms with E-state index in [1.807, 2.05) is 42.5 Å². The van der Waals surface area contributed by atoms with E-state index in [-0.39, 0.29) is 5.28 Å². The fraction of sp³-hybridized carbons (Fsp3) is 0.118. The molecule has 24 heavy (non-hydrogen) atoms. The topological polar surface area (TPSA) is 61.5 Å². The van der Waals surface area contributed by atoms with Gasteiger partial charge in [0.25, 0.3) is 0 Å². The van der Waals surface area contributed by atoms with Gasteiger partial charge in [-0.05, 0) is 48.0 Å². The first kappa shape index (κ1) is 14.7. The maximum absolute atomic E-state index is 6.27. The summed E-state index contributed by atoms with van der Waals surface area (Å²) in [6.07, 6.45) is 0. The Hall–Kier alpha value is -2.86. The molecule has 0 atom stereocenters.